The molecule has 106 valence electrons. The van der Waals surface area contributed by atoms with Crippen LogP contribution in [0.15, 0.2) is 42.5 Å². The molecule has 0 radical (unpaired) electrons. The summed E-state index contributed by atoms with van der Waals surface area (Å²) in [5, 5.41) is 3.93. The van der Waals surface area contributed by atoms with Gasteiger partial charge in [-0.15, -0.1) is 0 Å². The Balaban J connectivity index is 2.27. The molecule has 0 amide bonds. The maximum Gasteiger partial charge on any atom is 0.341 e. The van der Waals surface area contributed by atoms with Crippen LogP contribution in [0.3, 0.4) is 0 Å². The Morgan fingerprint density at radius 2 is 2.05 bits per heavy atom. The largest absolute Gasteiger partial charge is 0.462 e. The summed E-state index contributed by atoms with van der Waals surface area (Å²) < 4.78 is 5.11. The number of aromatic nitrogens is 1. The van der Waals surface area contributed by atoms with Gasteiger partial charge in [0.15, 0.2) is 0 Å². The number of fused-ring (bicyclic) bond motifs is 3. The van der Waals surface area contributed by atoms with Crippen molar-refractivity contribution in [3.05, 3.63) is 48.0 Å². The zero-order chi connectivity index (χ0) is 14.8. The lowest BCUT2D eigenvalue weighted by molar-refractivity contribution is 0.0527. The van der Waals surface area contributed by atoms with Crippen LogP contribution in [0.25, 0.3) is 22.0 Å². The molecule has 1 aromatic heterocycles. The van der Waals surface area contributed by atoms with E-state index in [9.17, 15) is 4.79 Å². The number of anilines is 1. The standard InChI is InChI=1S/C17H16N2O2/c1-3-21-17(20)14-10-13-12-8-6-4-5-7-11(12)9-15(13)19-16(14)18-2/h4-10H,3H2,1-2H3,(H,18,19). The molecular formula is C17H16N2O2. The normalized spacial score (nSPS) is 10.8. The molecule has 1 heterocycles. The second-order valence-electron chi connectivity index (χ2n) is 4.71. The maximum atomic E-state index is 12.1. The second-order valence-corrected chi connectivity index (χ2v) is 4.71. The molecular weight excluding hydrogens is 264 g/mol. The summed E-state index contributed by atoms with van der Waals surface area (Å²) in [5.41, 5.74) is 3.51. The SMILES string of the molecule is CCOC(=O)c1cc2c3cccccc-3cc2nc1NC. The van der Waals surface area contributed by atoms with Gasteiger partial charge in [-0.05, 0) is 30.2 Å². The lowest BCUT2D eigenvalue weighted by Crippen LogP contribution is -2.09. The molecule has 4 nitrogen and oxygen atoms in total. The summed E-state index contributed by atoms with van der Waals surface area (Å²) in [6.45, 7) is 2.14. The predicted molar refractivity (Wildman–Crippen MR) is 83.9 cm³/mol. The number of carbonyl (C=O) groups excluding carboxylic acids is 1. The highest BCUT2D eigenvalue weighted by Crippen LogP contribution is 2.34. The number of carbonyl (C=O) groups is 1. The molecule has 21 heavy (non-hydrogen) atoms. The van der Waals surface area contributed by atoms with Gasteiger partial charge >= 0.3 is 5.97 Å². The Morgan fingerprint density at radius 3 is 2.81 bits per heavy atom. The maximum absolute atomic E-state index is 12.1. The Kier molecular flexibility index (Phi) is 3.44. The molecule has 1 N–H and O–H groups in total. The predicted octanol–water partition coefficient (Wildman–Crippen LogP) is 3.56. The molecule has 1 aromatic rings. The van der Waals surface area contributed by atoms with Gasteiger partial charge in [-0.25, -0.2) is 9.78 Å². The first kappa shape index (κ1) is 13.4. The number of hydrogen-bond acceptors (Lipinski definition) is 4. The number of rotatable bonds is 3. The topological polar surface area (TPSA) is 51.2 Å². The summed E-state index contributed by atoms with van der Waals surface area (Å²) >= 11 is 0. The van der Waals surface area contributed by atoms with Crippen LogP contribution in [0.1, 0.15) is 17.3 Å². The second kappa shape index (κ2) is 5.40. The summed E-state index contributed by atoms with van der Waals surface area (Å²) in [7, 11) is 1.75. The fourth-order valence-electron chi connectivity index (χ4n) is 2.49. The molecule has 0 saturated heterocycles. The van der Waals surface area contributed by atoms with Gasteiger partial charge in [0, 0.05) is 12.4 Å². The van der Waals surface area contributed by atoms with Gasteiger partial charge in [0.25, 0.3) is 0 Å². The number of ether oxygens (including phenoxy) is 1. The van der Waals surface area contributed by atoms with E-state index in [0.717, 1.165) is 22.0 Å². The molecule has 0 spiro atoms. The molecule has 2 aliphatic carbocycles. The molecule has 0 aromatic carbocycles. The minimum atomic E-state index is -0.356. The van der Waals surface area contributed by atoms with E-state index in [0.29, 0.717) is 18.0 Å². The van der Waals surface area contributed by atoms with E-state index >= 15 is 0 Å². The average molecular weight is 280 g/mol. The monoisotopic (exact) mass is 280 g/mol. The molecule has 2 aliphatic rings. The Bertz CT molecular complexity index is 783. The van der Waals surface area contributed by atoms with Crippen molar-refractivity contribution in [2.45, 2.75) is 6.92 Å². The summed E-state index contributed by atoms with van der Waals surface area (Å²) in [6.07, 6.45) is 0. The first-order chi connectivity index (χ1) is 10.2. The van der Waals surface area contributed by atoms with E-state index in [1.54, 1.807) is 14.0 Å². The fraction of sp³-hybridized carbons (Fsp3) is 0.176. The zero-order valence-corrected chi connectivity index (χ0v) is 12.0. The third-order valence-corrected chi connectivity index (χ3v) is 3.44. The highest BCUT2D eigenvalue weighted by molar-refractivity contribution is 6.06. The van der Waals surface area contributed by atoms with Crippen LogP contribution in [-0.4, -0.2) is 24.6 Å². The average Bonchev–Trinajstić information content (AvgIpc) is 2.67. The van der Waals surface area contributed by atoms with Gasteiger partial charge in [-0.1, -0.05) is 30.3 Å². The minimum absolute atomic E-state index is 0.344. The van der Waals surface area contributed by atoms with Crippen LogP contribution in [0.5, 0.6) is 0 Å². The van der Waals surface area contributed by atoms with Crippen molar-refractivity contribution >= 4 is 22.7 Å². The van der Waals surface area contributed by atoms with Crippen LogP contribution < -0.4 is 5.32 Å². The van der Waals surface area contributed by atoms with E-state index in [-0.39, 0.29) is 5.97 Å². The number of pyridine rings is 1. The van der Waals surface area contributed by atoms with E-state index in [4.69, 9.17) is 4.74 Å². The van der Waals surface area contributed by atoms with E-state index < -0.39 is 0 Å². The van der Waals surface area contributed by atoms with Crippen LogP contribution >= 0.6 is 0 Å². The van der Waals surface area contributed by atoms with Crippen LogP contribution in [0.2, 0.25) is 0 Å². The molecule has 3 rings (SSSR count). The fourth-order valence-corrected chi connectivity index (χ4v) is 2.49. The van der Waals surface area contributed by atoms with E-state index in [1.165, 1.54) is 0 Å². The van der Waals surface area contributed by atoms with Crippen molar-refractivity contribution in [1.82, 2.24) is 4.98 Å². The number of hydrogen-bond donors (Lipinski definition) is 1. The van der Waals surface area contributed by atoms with Crippen molar-refractivity contribution in [2.75, 3.05) is 19.0 Å². The highest BCUT2D eigenvalue weighted by atomic mass is 16.5. The van der Waals surface area contributed by atoms with Gasteiger partial charge in [-0.2, -0.15) is 0 Å². The first-order valence-electron chi connectivity index (χ1n) is 6.92. The third kappa shape index (κ3) is 2.29. The lowest BCUT2D eigenvalue weighted by Gasteiger charge is -2.08. The molecule has 0 bridgehead atoms. The summed E-state index contributed by atoms with van der Waals surface area (Å²) in [5.74, 6) is 0.187. The van der Waals surface area contributed by atoms with E-state index in [2.05, 4.69) is 10.3 Å². The highest BCUT2D eigenvalue weighted by Gasteiger charge is 2.18. The third-order valence-electron chi connectivity index (χ3n) is 3.44. The van der Waals surface area contributed by atoms with Gasteiger partial charge < -0.3 is 10.1 Å². The van der Waals surface area contributed by atoms with Crippen LogP contribution in [-0.2, 0) is 4.74 Å². The smallest absolute Gasteiger partial charge is 0.341 e. The minimum Gasteiger partial charge on any atom is -0.462 e. The Hall–Kier alpha value is -2.62. The molecule has 0 atom stereocenters. The van der Waals surface area contributed by atoms with Crippen LogP contribution in [0, 0.1) is 0 Å². The van der Waals surface area contributed by atoms with Crippen molar-refractivity contribution in [2.24, 2.45) is 0 Å². The van der Waals surface area contributed by atoms with Crippen molar-refractivity contribution in [1.29, 1.82) is 0 Å². The quantitative estimate of drug-likeness (QED) is 0.745. The van der Waals surface area contributed by atoms with Crippen molar-refractivity contribution in [3.63, 3.8) is 0 Å². The zero-order valence-electron chi connectivity index (χ0n) is 12.0. The number of esters is 1. The van der Waals surface area contributed by atoms with Crippen molar-refractivity contribution in [3.8, 4) is 11.1 Å². The molecule has 0 fully saturated rings. The molecule has 0 aliphatic heterocycles. The van der Waals surface area contributed by atoms with Crippen molar-refractivity contribution < 1.29 is 9.53 Å². The Morgan fingerprint density at radius 1 is 1.24 bits per heavy atom. The number of nitrogens with zero attached hydrogens (tertiary/aromatic N) is 1. The molecule has 4 heteroatoms. The number of nitrogens with one attached hydrogen (secondary N) is 1. The Labute approximate surface area is 123 Å². The van der Waals surface area contributed by atoms with Gasteiger partial charge in [0.05, 0.1) is 12.1 Å². The van der Waals surface area contributed by atoms with E-state index in [1.807, 2.05) is 42.5 Å². The summed E-state index contributed by atoms with van der Waals surface area (Å²) in [6, 6.07) is 13.9. The lowest BCUT2D eigenvalue weighted by atomic mass is 10.1. The molecule has 0 unspecified atom stereocenters. The molecule has 0 saturated carbocycles. The van der Waals surface area contributed by atoms with Gasteiger partial charge in [0.1, 0.15) is 11.4 Å². The summed E-state index contributed by atoms with van der Waals surface area (Å²) in [4.78, 5) is 16.6. The van der Waals surface area contributed by atoms with Crippen LogP contribution in [0.4, 0.5) is 5.82 Å². The van der Waals surface area contributed by atoms with Gasteiger partial charge in [0.2, 0.25) is 0 Å². The first-order valence-corrected chi connectivity index (χ1v) is 6.92. The van der Waals surface area contributed by atoms with Gasteiger partial charge in [-0.3, -0.25) is 0 Å².